The molecule has 1 atom stereocenters. The van der Waals surface area contributed by atoms with Gasteiger partial charge in [-0.1, -0.05) is 12.1 Å². The quantitative estimate of drug-likeness (QED) is 0.851. The Morgan fingerprint density at radius 2 is 2.10 bits per heavy atom. The van der Waals surface area contributed by atoms with Crippen LogP contribution in [-0.2, 0) is 4.74 Å². The molecule has 5 nitrogen and oxygen atoms in total. The van der Waals surface area contributed by atoms with Crippen LogP contribution >= 0.6 is 0 Å². The number of hydrogen-bond donors (Lipinski definition) is 1. The van der Waals surface area contributed by atoms with E-state index < -0.39 is 5.60 Å². The fourth-order valence-electron chi connectivity index (χ4n) is 2.25. The molecule has 1 heterocycles. The van der Waals surface area contributed by atoms with Crippen molar-refractivity contribution in [3.8, 4) is 5.75 Å². The highest BCUT2D eigenvalue weighted by Gasteiger charge is 2.31. The van der Waals surface area contributed by atoms with Gasteiger partial charge in [-0.3, -0.25) is 0 Å². The number of nitrogens with two attached hydrogens (primary N) is 1. The van der Waals surface area contributed by atoms with Crippen molar-refractivity contribution < 1.29 is 14.3 Å². The third-order valence-corrected chi connectivity index (χ3v) is 3.37. The molecule has 5 heteroatoms. The lowest BCUT2D eigenvalue weighted by Gasteiger charge is -2.24. The number of para-hydroxylation sites is 1. The minimum Gasteiger partial charge on any atom is -0.486 e. The molecule has 0 bridgehead atoms. The standard InChI is InChI=1S/C16H24N2O3/c1-11-6-5-7-13(14(11)17)20-12-8-9-18(10-12)15(19)21-16(2,3)4/h5-7,12H,8-10,17H2,1-4H3. The minimum atomic E-state index is -0.475. The van der Waals surface area contributed by atoms with Crippen molar-refractivity contribution in [2.24, 2.45) is 0 Å². The van der Waals surface area contributed by atoms with Crippen LogP contribution in [0.4, 0.5) is 10.5 Å². The summed E-state index contributed by atoms with van der Waals surface area (Å²) in [5, 5.41) is 0. The normalized spacial score (nSPS) is 18.7. The Balaban J connectivity index is 1.94. The molecule has 1 aliphatic rings. The second kappa shape index (κ2) is 5.84. The van der Waals surface area contributed by atoms with Crippen LogP contribution in [0, 0.1) is 6.92 Å². The topological polar surface area (TPSA) is 64.8 Å². The Morgan fingerprint density at radius 3 is 2.76 bits per heavy atom. The first-order chi connectivity index (χ1) is 9.76. The number of nitrogen functional groups attached to an aromatic ring is 1. The summed E-state index contributed by atoms with van der Waals surface area (Å²) in [6.45, 7) is 8.71. The molecule has 2 rings (SSSR count). The van der Waals surface area contributed by atoms with E-state index in [1.165, 1.54) is 0 Å². The number of amides is 1. The fraction of sp³-hybridized carbons (Fsp3) is 0.562. The van der Waals surface area contributed by atoms with Crippen molar-refractivity contribution in [3.05, 3.63) is 23.8 Å². The molecular formula is C16H24N2O3. The highest BCUT2D eigenvalue weighted by Crippen LogP contribution is 2.27. The summed E-state index contributed by atoms with van der Waals surface area (Å²) in [5.74, 6) is 0.686. The van der Waals surface area contributed by atoms with E-state index in [1.807, 2.05) is 45.9 Å². The van der Waals surface area contributed by atoms with Crippen LogP contribution in [0.25, 0.3) is 0 Å². The molecule has 0 aromatic heterocycles. The van der Waals surface area contributed by atoms with Crippen LogP contribution < -0.4 is 10.5 Å². The number of likely N-dealkylation sites (tertiary alicyclic amines) is 1. The van der Waals surface area contributed by atoms with Crippen LogP contribution in [0.2, 0.25) is 0 Å². The van der Waals surface area contributed by atoms with Crippen LogP contribution in [0.15, 0.2) is 18.2 Å². The van der Waals surface area contributed by atoms with Crippen molar-refractivity contribution in [3.63, 3.8) is 0 Å². The first-order valence-corrected chi connectivity index (χ1v) is 7.26. The summed E-state index contributed by atoms with van der Waals surface area (Å²) in [5.41, 5.74) is 7.19. The van der Waals surface area contributed by atoms with Crippen LogP contribution in [0.3, 0.4) is 0 Å². The van der Waals surface area contributed by atoms with Gasteiger partial charge >= 0.3 is 6.09 Å². The molecule has 1 aliphatic heterocycles. The van der Waals surface area contributed by atoms with Gasteiger partial charge in [-0.15, -0.1) is 0 Å². The molecule has 1 aromatic carbocycles. The lowest BCUT2D eigenvalue weighted by molar-refractivity contribution is 0.0276. The zero-order valence-electron chi connectivity index (χ0n) is 13.2. The molecule has 0 saturated carbocycles. The Hall–Kier alpha value is -1.91. The van der Waals surface area contributed by atoms with Gasteiger partial charge in [0.15, 0.2) is 0 Å². The number of aryl methyl sites for hydroxylation is 1. The van der Waals surface area contributed by atoms with E-state index in [4.69, 9.17) is 15.2 Å². The molecule has 0 radical (unpaired) electrons. The van der Waals surface area contributed by atoms with Crippen LogP contribution in [0.1, 0.15) is 32.8 Å². The van der Waals surface area contributed by atoms with Crippen LogP contribution in [-0.4, -0.2) is 35.8 Å². The monoisotopic (exact) mass is 292 g/mol. The maximum absolute atomic E-state index is 12.0. The first-order valence-electron chi connectivity index (χ1n) is 7.26. The molecular weight excluding hydrogens is 268 g/mol. The van der Waals surface area contributed by atoms with Gasteiger partial charge in [0.1, 0.15) is 17.5 Å². The summed E-state index contributed by atoms with van der Waals surface area (Å²) < 4.78 is 11.3. The minimum absolute atomic E-state index is 0.0402. The van der Waals surface area contributed by atoms with Gasteiger partial charge in [-0.05, 0) is 39.3 Å². The summed E-state index contributed by atoms with van der Waals surface area (Å²) in [4.78, 5) is 13.7. The van der Waals surface area contributed by atoms with E-state index in [0.717, 1.165) is 12.0 Å². The molecule has 21 heavy (non-hydrogen) atoms. The molecule has 1 amide bonds. The van der Waals surface area contributed by atoms with E-state index in [2.05, 4.69) is 0 Å². The van der Waals surface area contributed by atoms with E-state index >= 15 is 0 Å². The molecule has 116 valence electrons. The smallest absolute Gasteiger partial charge is 0.410 e. The van der Waals surface area contributed by atoms with Gasteiger partial charge < -0.3 is 20.1 Å². The third kappa shape index (κ3) is 4.03. The maximum atomic E-state index is 12.0. The highest BCUT2D eigenvalue weighted by molar-refractivity contribution is 5.68. The van der Waals surface area contributed by atoms with Gasteiger partial charge in [-0.25, -0.2) is 4.79 Å². The average molecular weight is 292 g/mol. The molecule has 2 N–H and O–H groups in total. The van der Waals surface area contributed by atoms with Crippen molar-refractivity contribution in [1.29, 1.82) is 0 Å². The zero-order chi connectivity index (χ0) is 15.6. The lowest BCUT2D eigenvalue weighted by Crippen LogP contribution is -2.36. The first kappa shape index (κ1) is 15.5. The number of carbonyl (C=O) groups is 1. The lowest BCUT2D eigenvalue weighted by atomic mass is 10.2. The number of ether oxygens (including phenoxy) is 2. The van der Waals surface area contributed by atoms with Gasteiger partial charge in [0.05, 0.1) is 12.2 Å². The summed E-state index contributed by atoms with van der Waals surface area (Å²) >= 11 is 0. The molecule has 1 fully saturated rings. The summed E-state index contributed by atoms with van der Waals surface area (Å²) in [6, 6.07) is 5.73. The highest BCUT2D eigenvalue weighted by atomic mass is 16.6. The average Bonchev–Trinajstić information content (AvgIpc) is 2.82. The number of carbonyl (C=O) groups excluding carboxylic acids is 1. The Morgan fingerprint density at radius 1 is 1.38 bits per heavy atom. The molecule has 1 unspecified atom stereocenters. The number of benzene rings is 1. The second-order valence-corrected chi connectivity index (χ2v) is 6.44. The van der Waals surface area contributed by atoms with E-state index in [0.29, 0.717) is 24.5 Å². The van der Waals surface area contributed by atoms with Crippen molar-refractivity contribution >= 4 is 11.8 Å². The predicted octanol–water partition coefficient (Wildman–Crippen LogP) is 2.97. The summed E-state index contributed by atoms with van der Waals surface area (Å²) in [6.07, 6.45) is 0.458. The maximum Gasteiger partial charge on any atom is 0.410 e. The van der Waals surface area contributed by atoms with Gasteiger partial charge in [0.2, 0.25) is 0 Å². The largest absolute Gasteiger partial charge is 0.486 e. The Kier molecular flexibility index (Phi) is 4.30. The SMILES string of the molecule is Cc1cccc(OC2CCN(C(=O)OC(C)(C)C)C2)c1N. The van der Waals surface area contributed by atoms with Crippen LogP contribution in [0.5, 0.6) is 5.75 Å². The van der Waals surface area contributed by atoms with Gasteiger partial charge in [-0.2, -0.15) is 0 Å². The Labute approximate surface area is 126 Å². The van der Waals surface area contributed by atoms with Gasteiger partial charge in [0.25, 0.3) is 0 Å². The van der Waals surface area contributed by atoms with Crippen molar-refractivity contribution in [2.75, 3.05) is 18.8 Å². The zero-order valence-corrected chi connectivity index (χ0v) is 13.2. The molecule has 0 spiro atoms. The number of rotatable bonds is 2. The predicted molar refractivity (Wildman–Crippen MR) is 82.4 cm³/mol. The number of hydrogen-bond acceptors (Lipinski definition) is 4. The number of anilines is 1. The molecule has 1 aromatic rings. The second-order valence-electron chi connectivity index (χ2n) is 6.44. The van der Waals surface area contributed by atoms with Crippen molar-refractivity contribution in [2.45, 2.75) is 45.8 Å². The molecule has 0 aliphatic carbocycles. The van der Waals surface area contributed by atoms with Crippen molar-refractivity contribution in [1.82, 2.24) is 4.90 Å². The third-order valence-electron chi connectivity index (χ3n) is 3.37. The van der Waals surface area contributed by atoms with Gasteiger partial charge in [0, 0.05) is 13.0 Å². The Bertz CT molecular complexity index is 523. The fourth-order valence-corrected chi connectivity index (χ4v) is 2.25. The number of nitrogens with zero attached hydrogens (tertiary/aromatic N) is 1. The van der Waals surface area contributed by atoms with E-state index in [9.17, 15) is 4.79 Å². The van der Waals surface area contributed by atoms with E-state index in [1.54, 1.807) is 4.90 Å². The van der Waals surface area contributed by atoms with E-state index in [-0.39, 0.29) is 12.2 Å². The summed E-state index contributed by atoms with van der Waals surface area (Å²) in [7, 11) is 0. The molecule has 1 saturated heterocycles.